The van der Waals surface area contributed by atoms with Crippen LogP contribution < -0.4 is 14.8 Å². The van der Waals surface area contributed by atoms with Crippen molar-refractivity contribution in [3.05, 3.63) is 53.9 Å². The SMILES string of the molecule is CN=C(NCc1nc2ccccc2n1C)N1CCN(Cc2ccc3c(c2)OCO3)CC1.I. The standard InChI is InChI=1S/C23H28N6O2.HI/c1-24-23(25-14-22-26-18-5-3-4-6-19(18)27(22)2)29-11-9-28(10-12-29)15-17-7-8-20-21(13-17)31-16-30-20;/h3-8,13H,9-12,14-16H2,1-2H3,(H,24,25);1H. The molecule has 0 bridgehead atoms. The Hall–Kier alpha value is -2.53. The van der Waals surface area contributed by atoms with Crippen LogP contribution in [0.1, 0.15) is 11.4 Å². The average molecular weight is 548 g/mol. The number of rotatable bonds is 4. The lowest BCUT2D eigenvalue weighted by Crippen LogP contribution is -2.52. The Kier molecular flexibility index (Phi) is 7.04. The van der Waals surface area contributed by atoms with Crippen LogP contribution in [0, 0.1) is 0 Å². The van der Waals surface area contributed by atoms with Crippen molar-refractivity contribution in [2.24, 2.45) is 12.0 Å². The molecule has 1 fully saturated rings. The fraction of sp³-hybridized carbons (Fsp3) is 0.391. The summed E-state index contributed by atoms with van der Waals surface area (Å²) in [5.41, 5.74) is 3.42. The number of hydrogen-bond acceptors (Lipinski definition) is 5. The predicted octanol–water partition coefficient (Wildman–Crippen LogP) is 2.81. The van der Waals surface area contributed by atoms with E-state index in [9.17, 15) is 0 Å². The molecule has 0 aliphatic carbocycles. The molecular formula is C23H29IN6O2. The first-order valence-electron chi connectivity index (χ1n) is 10.7. The van der Waals surface area contributed by atoms with Crippen LogP contribution in [0.4, 0.5) is 0 Å². The van der Waals surface area contributed by atoms with Crippen molar-refractivity contribution >= 4 is 41.0 Å². The van der Waals surface area contributed by atoms with Crippen molar-refractivity contribution in [2.75, 3.05) is 40.0 Å². The maximum absolute atomic E-state index is 5.50. The monoisotopic (exact) mass is 548 g/mol. The van der Waals surface area contributed by atoms with Gasteiger partial charge in [-0.25, -0.2) is 4.98 Å². The molecule has 0 unspecified atom stereocenters. The molecule has 2 aromatic carbocycles. The van der Waals surface area contributed by atoms with E-state index in [1.54, 1.807) is 0 Å². The van der Waals surface area contributed by atoms with Gasteiger partial charge in [0.2, 0.25) is 6.79 Å². The number of nitrogens with zero attached hydrogens (tertiary/aromatic N) is 5. The zero-order valence-corrected chi connectivity index (χ0v) is 20.8. The summed E-state index contributed by atoms with van der Waals surface area (Å²) in [5, 5.41) is 3.49. The van der Waals surface area contributed by atoms with Crippen molar-refractivity contribution in [3.8, 4) is 11.5 Å². The van der Waals surface area contributed by atoms with Crippen molar-refractivity contribution < 1.29 is 9.47 Å². The Bertz CT molecular complexity index is 1110. The predicted molar refractivity (Wildman–Crippen MR) is 136 cm³/mol. The third-order valence-electron chi connectivity index (χ3n) is 6.01. The lowest BCUT2D eigenvalue weighted by atomic mass is 10.1. The smallest absolute Gasteiger partial charge is 0.231 e. The lowest BCUT2D eigenvalue weighted by Gasteiger charge is -2.36. The van der Waals surface area contributed by atoms with Gasteiger partial charge in [-0.1, -0.05) is 18.2 Å². The van der Waals surface area contributed by atoms with E-state index in [0.29, 0.717) is 13.3 Å². The van der Waals surface area contributed by atoms with Gasteiger partial charge < -0.3 is 24.3 Å². The third kappa shape index (κ3) is 4.63. The molecular weight excluding hydrogens is 519 g/mol. The van der Waals surface area contributed by atoms with Gasteiger partial charge >= 0.3 is 0 Å². The Morgan fingerprint density at radius 1 is 1.06 bits per heavy atom. The first kappa shape index (κ1) is 22.7. The van der Waals surface area contributed by atoms with Gasteiger partial charge in [0.1, 0.15) is 5.82 Å². The summed E-state index contributed by atoms with van der Waals surface area (Å²) in [4.78, 5) is 14.0. The summed E-state index contributed by atoms with van der Waals surface area (Å²) >= 11 is 0. The van der Waals surface area contributed by atoms with Gasteiger partial charge in [0, 0.05) is 46.8 Å². The lowest BCUT2D eigenvalue weighted by molar-refractivity contribution is 0.171. The highest BCUT2D eigenvalue weighted by atomic mass is 127. The van der Waals surface area contributed by atoms with Crippen LogP contribution in [0.5, 0.6) is 11.5 Å². The number of aliphatic imine (C=N–C) groups is 1. The number of hydrogen-bond donors (Lipinski definition) is 1. The number of aryl methyl sites for hydroxylation is 1. The van der Waals surface area contributed by atoms with Gasteiger partial charge in [0.15, 0.2) is 17.5 Å². The summed E-state index contributed by atoms with van der Waals surface area (Å²) in [6, 6.07) is 14.4. The van der Waals surface area contributed by atoms with Crippen LogP contribution in [0.25, 0.3) is 11.0 Å². The minimum Gasteiger partial charge on any atom is -0.454 e. The van der Waals surface area contributed by atoms with Crippen molar-refractivity contribution in [2.45, 2.75) is 13.1 Å². The van der Waals surface area contributed by atoms with E-state index >= 15 is 0 Å². The molecule has 1 saturated heterocycles. The number of halogens is 1. The van der Waals surface area contributed by atoms with Crippen LogP contribution in [0.15, 0.2) is 47.5 Å². The number of piperazine rings is 1. The van der Waals surface area contributed by atoms with Gasteiger partial charge in [-0.05, 0) is 29.8 Å². The molecule has 2 aliphatic heterocycles. The zero-order valence-electron chi connectivity index (χ0n) is 18.5. The fourth-order valence-electron chi connectivity index (χ4n) is 4.26. The molecule has 0 atom stereocenters. The van der Waals surface area contributed by atoms with Crippen LogP contribution >= 0.6 is 24.0 Å². The molecule has 1 aromatic heterocycles. The fourth-order valence-corrected chi connectivity index (χ4v) is 4.26. The van der Waals surface area contributed by atoms with E-state index in [2.05, 4.69) is 49.9 Å². The molecule has 170 valence electrons. The van der Waals surface area contributed by atoms with E-state index in [1.807, 2.05) is 31.3 Å². The quantitative estimate of drug-likeness (QED) is 0.308. The number of imidazole rings is 1. The molecule has 5 rings (SSSR count). The Balaban J connectivity index is 0.00000245. The summed E-state index contributed by atoms with van der Waals surface area (Å²) in [6.07, 6.45) is 0. The minimum atomic E-state index is 0. The first-order valence-corrected chi connectivity index (χ1v) is 10.7. The molecule has 0 radical (unpaired) electrons. The largest absolute Gasteiger partial charge is 0.454 e. The summed E-state index contributed by atoms with van der Waals surface area (Å²) < 4.78 is 13.0. The van der Waals surface area contributed by atoms with E-state index in [-0.39, 0.29) is 24.0 Å². The van der Waals surface area contributed by atoms with E-state index in [1.165, 1.54) is 5.56 Å². The van der Waals surface area contributed by atoms with Crippen LogP contribution in [-0.2, 0) is 20.1 Å². The normalized spacial score (nSPS) is 16.3. The van der Waals surface area contributed by atoms with Crippen molar-refractivity contribution in [1.82, 2.24) is 24.7 Å². The number of aromatic nitrogens is 2. The molecule has 2 aliphatic rings. The molecule has 1 N–H and O–H groups in total. The average Bonchev–Trinajstić information content (AvgIpc) is 3.39. The van der Waals surface area contributed by atoms with Crippen LogP contribution in [0.3, 0.4) is 0 Å². The van der Waals surface area contributed by atoms with Crippen LogP contribution in [-0.4, -0.2) is 65.3 Å². The maximum Gasteiger partial charge on any atom is 0.231 e. The summed E-state index contributed by atoms with van der Waals surface area (Å²) in [5.74, 6) is 3.62. The Labute approximate surface area is 205 Å². The molecule has 8 nitrogen and oxygen atoms in total. The highest BCUT2D eigenvalue weighted by Gasteiger charge is 2.21. The van der Waals surface area contributed by atoms with Crippen LogP contribution in [0.2, 0.25) is 0 Å². The second-order valence-electron chi connectivity index (χ2n) is 7.93. The Morgan fingerprint density at radius 3 is 2.62 bits per heavy atom. The summed E-state index contributed by atoms with van der Waals surface area (Å²) in [6.45, 7) is 5.73. The maximum atomic E-state index is 5.50. The van der Waals surface area contributed by atoms with Gasteiger partial charge in [-0.3, -0.25) is 9.89 Å². The third-order valence-corrected chi connectivity index (χ3v) is 6.01. The molecule has 0 spiro atoms. The first-order chi connectivity index (χ1) is 15.2. The Morgan fingerprint density at radius 2 is 1.84 bits per heavy atom. The van der Waals surface area contributed by atoms with Crippen molar-refractivity contribution in [1.29, 1.82) is 0 Å². The number of fused-ring (bicyclic) bond motifs is 2. The molecule has 9 heteroatoms. The molecule has 3 aromatic rings. The van der Waals surface area contributed by atoms with Gasteiger partial charge in [-0.2, -0.15) is 0 Å². The molecule has 0 amide bonds. The number of para-hydroxylation sites is 2. The second-order valence-corrected chi connectivity index (χ2v) is 7.93. The van der Waals surface area contributed by atoms with Crippen molar-refractivity contribution in [3.63, 3.8) is 0 Å². The number of guanidine groups is 1. The number of benzene rings is 2. The van der Waals surface area contributed by atoms with E-state index in [0.717, 1.165) is 67.0 Å². The minimum absolute atomic E-state index is 0. The van der Waals surface area contributed by atoms with E-state index in [4.69, 9.17) is 14.5 Å². The van der Waals surface area contributed by atoms with Gasteiger partial charge in [0.25, 0.3) is 0 Å². The molecule has 3 heterocycles. The summed E-state index contributed by atoms with van der Waals surface area (Å²) in [7, 11) is 3.90. The number of nitrogens with one attached hydrogen (secondary N) is 1. The highest BCUT2D eigenvalue weighted by molar-refractivity contribution is 14.0. The molecule has 0 saturated carbocycles. The second kappa shape index (κ2) is 9.95. The molecule has 32 heavy (non-hydrogen) atoms. The van der Waals surface area contributed by atoms with Gasteiger partial charge in [0.05, 0.1) is 17.6 Å². The zero-order chi connectivity index (χ0) is 21.2. The highest BCUT2D eigenvalue weighted by Crippen LogP contribution is 2.32. The number of ether oxygens (including phenoxy) is 2. The topological polar surface area (TPSA) is 67.2 Å². The van der Waals surface area contributed by atoms with E-state index < -0.39 is 0 Å². The van der Waals surface area contributed by atoms with Gasteiger partial charge in [-0.15, -0.1) is 24.0 Å².